The SMILES string of the molecule is Cc1ccc(-c2csc(-c3cccc(C(=O)O)c3)n2)cc1C. The van der Waals surface area contributed by atoms with Gasteiger partial charge in [0.2, 0.25) is 0 Å². The molecule has 22 heavy (non-hydrogen) atoms. The van der Waals surface area contributed by atoms with Crippen molar-refractivity contribution < 1.29 is 9.90 Å². The minimum atomic E-state index is -0.923. The molecule has 4 heteroatoms. The maximum Gasteiger partial charge on any atom is 0.335 e. The van der Waals surface area contributed by atoms with Gasteiger partial charge in [-0.15, -0.1) is 11.3 Å². The van der Waals surface area contributed by atoms with Crippen LogP contribution in [0.4, 0.5) is 0 Å². The van der Waals surface area contributed by atoms with Crippen molar-refractivity contribution >= 4 is 17.3 Å². The number of benzene rings is 2. The van der Waals surface area contributed by atoms with Crippen LogP contribution in [-0.4, -0.2) is 16.1 Å². The molecule has 1 heterocycles. The standard InChI is InChI=1S/C18H15NO2S/c1-11-6-7-13(8-12(11)2)16-10-22-17(19-16)14-4-3-5-15(9-14)18(20)21/h3-10H,1-2H3,(H,20,21). The van der Waals surface area contributed by atoms with Crippen molar-refractivity contribution in [2.24, 2.45) is 0 Å². The molecule has 0 radical (unpaired) electrons. The fraction of sp³-hybridized carbons (Fsp3) is 0.111. The molecular weight excluding hydrogens is 294 g/mol. The van der Waals surface area contributed by atoms with Crippen LogP contribution in [0.5, 0.6) is 0 Å². The third-order valence-electron chi connectivity index (χ3n) is 3.66. The van der Waals surface area contributed by atoms with Crippen LogP contribution in [0.25, 0.3) is 21.8 Å². The van der Waals surface area contributed by atoms with Gasteiger partial charge in [-0.25, -0.2) is 9.78 Å². The van der Waals surface area contributed by atoms with Crippen molar-refractivity contribution in [3.63, 3.8) is 0 Å². The molecule has 3 rings (SSSR count). The average Bonchev–Trinajstić information content (AvgIpc) is 3.00. The van der Waals surface area contributed by atoms with Gasteiger partial charge in [0.05, 0.1) is 11.3 Å². The second-order valence-corrected chi connectivity index (χ2v) is 6.08. The first-order chi connectivity index (χ1) is 10.5. The third kappa shape index (κ3) is 2.78. The van der Waals surface area contributed by atoms with E-state index in [1.807, 2.05) is 11.4 Å². The lowest BCUT2D eigenvalue weighted by Gasteiger charge is -2.02. The van der Waals surface area contributed by atoms with Crippen LogP contribution in [0.1, 0.15) is 21.5 Å². The Kier molecular flexibility index (Phi) is 3.77. The predicted octanol–water partition coefficient (Wildman–Crippen LogP) is 4.79. The van der Waals surface area contributed by atoms with E-state index in [9.17, 15) is 4.79 Å². The van der Waals surface area contributed by atoms with Crippen LogP contribution in [0, 0.1) is 13.8 Å². The van der Waals surface area contributed by atoms with E-state index >= 15 is 0 Å². The van der Waals surface area contributed by atoms with Gasteiger partial charge in [-0.05, 0) is 43.2 Å². The molecule has 0 saturated heterocycles. The summed E-state index contributed by atoms with van der Waals surface area (Å²) >= 11 is 1.52. The highest BCUT2D eigenvalue weighted by molar-refractivity contribution is 7.13. The van der Waals surface area contributed by atoms with Crippen LogP contribution in [0.15, 0.2) is 47.8 Å². The lowest BCUT2D eigenvalue weighted by Crippen LogP contribution is -1.95. The molecule has 0 atom stereocenters. The number of carbonyl (C=O) groups is 1. The lowest BCUT2D eigenvalue weighted by atomic mass is 10.1. The van der Waals surface area contributed by atoms with Crippen molar-refractivity contribution in [1.82, 2.24) is 4.98 Å². The maximum absolute atomic E-state index is 11.1. The Balaban J connectivity index is 1.98. The number of hydrogen-bond donors (Lipinski definition) is 1. The molecule has 3 nitrogen and oxygen atoms in total. The summed E-state index contributed by atoms with van der Waals surface area (Å²) in [6.07, 6.45) is 0. The van der Waals surface area contributed by atoms with Gasteiger partial charge in [-0.1, -0.05) is 24.3 Å². The van der Waals surface area contributed by atoms with Gasteiger partial charge in [-0.3, -0.25) is 0 Å². The zero-order chi connectivity index (χ0) is 15.7. The minimum Gasteiger partial charge on any atom is -0.478 e. The molecule has 0 aliphatic rings. The van der Waals surface area contributed by atoms with Crippen molar-refractivity contribution in [2.75, 3.05) is 0 Å². The van der Waals surface area contributed by atoms with E-state index in [1.54, 1.807) is 18.2 Å². The van der Waals surface area contributed by atoms with E-state index in [0.29, 0.717) is 0 Å². The summed E-state index contributed by atoms with van der Waals surface area (Å²) in [5.41, 5.74) is 5.61. The Morgan fingerprint density at radius 2 is 1.86 bits per heavy atom. The van der Waals surface area contributed by atoms with Gasteiger partial charge < -0.3 is 5.11 Å². The average molecular weight is 309 g/mol. The Morgan fingerprint density at radius 3 is 2.59 bits per heavy atom. The number of aromatic carboxylic acids is 1. The second kappa shape index (κ2) is 5.73. The van der Waals surface area contributed by atoms with E-state index in [4.69, 9.17) is 5.11 Å². The zero-order valence-electron chi connectivity index (χ0n) is 12.3. The monoisotopic (exact) mass is 309 g/mol. The summed E-state index contributed by atoms with van der Waals surface area (Å²) in [5.74, 6) is -0.923. The summed E-state index contributed by atoms with van der Waals surface area (Å²) in [7, 11) is 0. The fourth-order valence-corrected chi connectivity index (χ4v) is 3.05. The number of hydrogen-bond acceptors (Lipinski definition) is 3. The van der Waals surface area contributed by atoms with Crippen LogP contribution < -0.4 is 0 Å². The highest BCUT2D eigenvalue weighted by Crippen LogP contribution is 2.30. The molecular formula is C18H15NO2S. The lowest BCUT2D eigenvalue weighted by molar-refractivity contribution is 0.0697. The number of carboxylic acid groups (broad SMARTS) is 1. The van der Waals surface area contributed by atoms with E-state index < -0.39 is 5.97 Å². The van der Waals surface area contributed by atoms with Crippen LogP contribution >= 0.6 is 11.3 Å². The predicted molar refractivity (Wildman–Crippen MR) is 89.4 cm³/mol. The summed E-state index contributed by atoms with van der Waals surface area (Å²) in [5, 5.41) is 11.9. The Morgan fingerprint density at radius 1 is 1.05 bits per heavy atom. The molecule has 0 fully saturated rings. The Bertz CT molecular complexity index is 852. The number of thiazole rings is 1. The third-order valence-corrected chi connectivity index (χ3v) is 4.55. The molecule has 1 aromatic heterocycles. The molecule has 3 aromatic rings. The van der Waals surface area contributed by atoms with Gasteiger partial charge >= 0.3 is 5.97 Å². The summed E-state index contributed by atoms with van der Waals surface area (Å²) in [6, 6.07) is 13.2. The molecule has 0 aliphatic carbocycles. The summed E-state index contributed by atoms with van der Waals surface area (Å²) in [4.78, 5) is 15.7. The summed E-state index contributed by atoms with van der Waals surface area (Å²) < 4.78 is 0. The molecule has 1 N–H and O–H groups in total. The van der Waals surface area contributed by atoms with Crippen molar-refractivity contribution in [3.05, 3.63) is 64.5 Å². The van der Waals surface area contributed by atoms with E-state index in [0.717, 1.165) is 21.8 Å². The maximum atomic E-state index is 11.1. The first-order valence-electron chi connectivity index (χ1n) is 6.91. The molecule has 0 unspecified atom stereocenters. The summed E-state index contributed by atoms with van der Waals surface area (Å²) in [6.45, 7) is 4.17. The second-order valence-electron chi connectivity index (χ2n) is 5.22. The quantitative estimate of drug-likeness (QED) is 0.756. The Hall–Kier alpha value is -2.46. The first kappa shape index (κ1) is 14.5. The van der Waals surface area contributed by atoms with E-state index in [2.05, 4.69) is 37.0 Å². The number of nitrogens with zero attached hydrogens (tertiary/aromatic N) is 1. The zero-order valence-corrected chi connectivity index (χ0v) is 13.1. The highest BCUT2D eigenvalue weighted by atomic mass is 32.1. The molecule has 0 amide bonds. The highest BCUT2D eigenvalue weighted by Gasteiger charge is 2.10. The van der Waals surface area contributed by atoms with Crippen molar-refractivity contribution in [3.8, 4) is 21.8 Å². The smallest absolute Gasteiger partial charge is 0.335 e. The molecule has 0 aliphatic heterocycles. The number of rotatable bonds is 3. The van der Waals surface area contributed by atoms with Crippen LogP contribution in [0.2, 0.25) is 0 Å². The Labute approximate surface area is 132 Å². The van der Waals surface area contributed by atoms with E-state index in [1.165, 1.54) is 22.5 Å². The number of carboxylic acids is 1. The molecule has 0 spiro atoms. The molecule has 0 bridgehead atoms. The van der Waals surface area contributed by atoms with Gasteiger partial charge in [0.25, 0.3) is 0 Å². The van der Waals surface area contributed by atoms with Gasteiger partial charge in [0.15, 0.2) is 0 Å². The van der Waals surface area contributed by atoms with Gasteiger partial charge in [0, 0.05) is 16.5 Å². The van der Waals surface area contributed by atoms with Gasteiger partial charge in [-0.2, -0.15) is 0 Å². The molecule has 0 saturated carbocycles. The van der Waals surface area contributed by atoms with E-state index in [-0.39, 0.29) is 5.56 Å². The van der Waals surface area contributed by atoms with Gasteiger partial charge in [0.1, 0.15) is 5.01 Å². The normalized spacial score (nSPS) is 10.6. The first-order valence-corrected chi connectivity index (χ1v) is 7.79. The van der Waals surface area contributed by atoms with Crippen molar-refractivity contribution in [2.45, 2.75) is 13.8 Å². The largest absolute Gasteiger partial charge is 0.478 e. The molecule has 110 valence electrons. The number of aromatic nitrogens is 1. The number of aryl methyl sites for hydroxylation is 2. The van der Waals surface area contributed by atoms with Crippen LogP contribution in [-0.2, 0) is 0 Å². The molecule has 2 aromatic carbocycles. The fourth-order valence-electron chi connectivity index (χ4n) is 2.22. The topological polar surface area (TPSA) is 50.2 Å². The van der Waals surface area contributed by atoms with Crippen LogP contribution in [0.3, 0.4) is 0 Å². The van der Waals surface area contributed by atoms with Crippen molar-refractivity contribution in [1.29, 1.82) is 0 Å². The minimum absolute atomic E-state index is 0.278.